The summed E-state index contributed by atoms with van der Waals surface area (Å²) in [6, 6.07) is 0. The van der Waals surface area contributed by atoms with Gasteiger partial charge in [0, 0.05) is 12.6 Å². The first-order chi connectivity index (χ1) is 7.31. The van der Waals surface area contributed by atoms with E-state index >= 15 is 0 Å². The van der Waals surface area contributed by atoms with Crippen molar-refractivity contribution in [1.82, 2.24) is 15.1 Å². The van der Waals surface area contributed by atoms with Gasteiger partial charge in [-0.25, -0.2) is 0 Å². The predicted octanol–water partition coefficient (Wildman–Crippen LogP) is 2.70. The molecular weight excluding hydrogens is 222 g/mol. The van der Waals surface area contributed by atoms with Gasteiger partial charge in [-0.05, 0) is 47.1 Å². The highest BCUT2D eigenvalue weighted by Gasteiger charge is 2.11. The molecule has 0 aliphatic carbocycles. The Kier molecular flexibility index (Phi) is 4.39. The zero-order valence-electron chi connectivity index (χ0n) is 10.9. The average Bonchev–Trinajstić information content (AvgIpc) is 2.36. The molecule has 1 heterocycles. The van der Waals surface area contributed by atoms with Crippen LogP contribution in [-0.2, 0) is 13.5 Å². The SMILES string of the molecule is Cc1nn(C)c(CCCNC(C)(C)C)c1Cl. The third-order valence-corrected chi connectivity index (χ3v) is 3.00. The fraction of sp³-hybridized carbons (Fsp3) is 0.750. The van der Waals surface area contributed by atoms with Gasteiger partial charge in [-0.3, -0.25) is 4.68 Å². The molecule has 0 fully saturated rings. The number of rotatable bonds is 4. The molecule has 1 rings (SSSR count). The predicted molar refractivity (Wildman–Crippen MR) is 69.0 cm³/mol. The molecule has 0 spiro atoms. The second-order valence-electron chi connectivity index (χ2n) is 5.25. The molecule has 0 amide bonds. The van der Waals surface area contributed by atoms with E-state index in [0.29, 0.717) is 0 Å². The molecule has 1 aromatic rings. The highest BCUT2D eigenvalue weighted by atomic mass is 35.5. The number of aromatic nitrogens is 2. The van der Waals surface area contributed by atoms with Crippen LogP contribution < -0.4 is 5.32 Å². The van der Waals surface area contributed by atoms with Gasteiger partial charge >= 0.3 is 0 Å². The van der Waals surface area contributed by atoms with E-state index in [9.17, 15) is 0 Å². The van der Waals surface area contributed by atoms with Crippen LogP contribution in [0.5, 0.6) is 0 Å². The number of aryl methyl sites for hydroxylation is 2. The summed E-state index contributed by atoms with van der Waals surface area (Å²) in [7, 11) is 1.95. The van der Waals surface area contributed by atoms with Crippen molar-refractivity contribution in [2.75, 3.05) is 6.54 Å². The van der Waals surface area contributed by atoms with Gasteiger partial charge in [0.15, 0.2) is 0 Å². The van der Waals surface area contributed by atoms with Crippen LogP contribution in [-0.4, -0.2) is 21.9 Å². The monoisotopic (exact) mass is 243 g/mol. The maximum Gasteiger partial charge on any atom is 0.0846 e. The topological polar surface area (TPSA) is 29.9 Å². The number of hydrogen-bond acceptors (Lipinski definition) is 2. The van der Waals surface area contributed by atoms with Crippen molar-refractivity contribution >= 4 is 11.6 Å². The summed E-state index contributed by atoms with van der Waals surface area (Å²) >= 11 is 6.18. The van der Waals surface area contributed by atoms with Gasteiger partial charge in [0.2, 0.25) is 0 Å². The molecular formula is C12H22ClN3. The molecule has 0 unspecified atom stereocenters. The molecule has 16 heavy (non-hydrogen) atoms. The van der Waals surface area contributed by atoms with Crippen molar-refractivity contribution in [2.24, 2.45) is 7.05 Å². The Balaban J connectivity index is 2.43. The summed E-state index contributed by atoms with van der Waals surface area (Å²) in [6.07, 6.45) is 2.05. The van der Waals surface area contributed by atoms with Gasteiger partial charge in [0.05, 0.1) is 16.4 Å². The Morgan fingerprint density at radius 1 is 1.38 bits per heavy atom. The first-order valence-corrected chi connectivity index (χ1v) is 6.12. The minimum absolute atomic E-state index is 0.187. The van der Waals surface area contributed by atoms with Crippen LogP contribution in [0.2, 0.25) is 5.02 Å². The maximum atomic E-state index is 6.18. The molecule has 1 N–H and O–H groups in total. The summed E-state index contributed by atoms with van der Waals surface area (Å²) in [5.74, 6) is 0. The molecule has 0 radical (unpaired) electrons. The van der Waals surface area contributed by atoms with Crippen molar-refractivity contribution in [3.8, 4) is 0 Å². The van der Waals surface area contributed by atoms with Gasteiger partial charge in [0.25, 0.3) is 0 Å². The first kappa shape index (κ1) is 13.5. The average molecular weight is 244 g/mol. The molecule has 0 saturated carbocycles. The summed E-state index contributed by atoms with van der Waals surface area (Å²) in [5, 5.41) is 8.59. The summed E-state index contributed by atoms with van der Waals surface area (Å²) in [4.78, 5) is 0. The van der Waals surface area contributed by atoms with Crippen molar-refractivity contribution < 1.29 is 0 Å². The lowest BCUT2D eigenvalue weighted by Crippen LogP contribution is -2.36. The van der Waals surface area contributed by atoms with E-state index in [0.717, 1.165) is 35.8 Å². The fourth-order valence-electron chi connectivity index (χ4n) is 1.67. The molecule has 1 aromatic heterocycles. The van der Waals surface area contributed by atoms with Crippen molar-refractivity contribution in [3.05, 3.63) is 16.4 Å². The third kappa shape index (κ3) is 3.80. The highest BCUT2D eigenvalue weighted by molar-refractivity contribution is 6.31. The van der Waals surface area contributed by atoms with E-state index < -0.39 is 0 Å². The summed E-state index contributed by atoms with van der Waals surface area (Å²) in [6.45, 7) is 9.47. The van der Waals surface area contributed by atoms with E-state index in [2.05, 4.69) is 31.2 Å². The highest BCUT2D eigenvalue weighted by Crippen LogP contribution is 2.20. The van der Waals surface area contributed by atoms with Gasteiger partial charge in [-0.1, -0.05) is 11.6 Å². The Hall–Kier alpha value is -0.540. The van der Waals surface area contributed by atoms with E-state index in [1.807, 2.05) is 18.7 Å². The molecule has 0 bridgehead atoms. The molecule has 0 aliphatic rings. The van der Waals surface area contributed by atoms with E-state index in [4.69, 9.17) is 11.6 Å². The number of hydrogen-bond donors (Lipinski definition) is 1. The Bertz CT molecular complexity index is 350. The Morgan fingerprint density at radius 2 is 2.00 bits per heavy atom. The van der Waals surface area contributed by atoms with Gasteiger partial charge in [0.1, 0.15) is 0 Å². The largest absolute Gasteiger partial charge is 0.312 e. The fourth-order valence-corrected chi connectivity index (χ4v) is 1.93. The van der Waals surface area contributed by atoms with Crippen LogP contribution in [0.3, 0.4) is 0 Å². The second kappa shape index (κ2) is 5.19. The van der Waals surface area contributed by atoms with Crippen LogP contribution in [0.1, 0.15) is 38.6 Å². The number of nitrogens with zero attached hydrogens (tertiary/aromatic N) is 2. The zero-order valence-corrected chi connectivity index (χ0v) is 11.6. The maximum absolute atomic E-state index is 6.18. The lowest BCUT2D eigenvalue weighted by Gasteiger charge is -2.20. The van der Waals surface area contributed by atoms with Crippen LogP contribution in [0.15, 0.2) is 0 Å². The van der Waals surface area contributed by atoms with Crippen LogP contribution in [0.25, 0.3) is 0 Å². The molecule has 0 atom stereocenters. The number of halogens is 1. The van der Waals surface area contributed by atoms with Gasteiger partial charge in [-0.2, -0.15) is 5.10 Å². The molecule has 0 saturated heterocycles. The van der Waals surface area contributed by atoms with Crippen LogP contribution in [0, 0.1) is 6.92 Å². The van der Waals surface area contributed by atoms with E-state index in [1.165, 1.54) is 0 Å². The normalized spacial score (nSPS) is 12.1. The second-order valence-corrected chi connectivity index (χ2v) is 5.63. The minimum atomic E-state index is 0.187. The minimum Gasteiger partial charge on any atom is -0.312 e. The van der Waals surface area contributed by atoms with Crippen LogP contribution >= 0.6 is 11.6 Å². The molecule has 92 valence electrons. The standard InChI is InChI=1S/C12H22ClN3/c1-9-11(13)10(16(5)15-9)7-6-8-14-12(2,3)4/h14H,6-8H2,1-5H3. The number of nitrogens with one attached hydrogen (secondary N) is 1. The molecule has 0 aromatic carbocycles. The van der Waals surface area contributed by atoms with Gasteiger partial charge < -0.3 is 5.32 Å². The van der Waals surface area contributed by atoms with Crippen molar-refractivity contribution in [1.29, 1.82) is 0 Å². The van der Waals surface area contributed by atoms with Gasteiger partial charge in [-0.15, -0.1) is 0 Å². The van der Waals surface area contributed by atoms with E-state index in [1.54, 1.807) is 0 Å². The smallest absolute Gasteiger partial charge is 0.0846 e. The molecule has 3 nitrogen and oxygen atoms in total. The molecule has 4 heteroatoms. The first-order valence-electron chi connectivity index (χ1n) is 5.74. The van der Waals surface area contributed by atoms with Crippen molar-refractivity contribution in [3.63, 3.8) is 0 Å². The van der Waals surface area contributed by atoms with Crippen LogP contribution in [0.4, 0.5) is 0 Å². The Morgan fingerprint density at radius 3 is 2.44 bits per heavy atom. The van der Waals surface area contributed by atoms with Crippen molar-refractivity contribution in [2.45, 2.75) is 46.1 Å². The summed E-state index contributed by atoms with van der Waals surface area (Å²) < 4.78 is 1.88. The lowest BCUT2D eigenvalue weighted by molar-refractivity contribution is 0.421. The van der Waals surface area contributed by atoms with E-state index in [-0.39, 0.29) is 5.54 Å². The quantitative estimate of drug-likeness (QED) is 0.825. The zero-order chi connectivity index (χ0) is 12.3. The lowest BCUT2D eigenvalue weighted by atomic mass is 10.1. The summed E-state index contributed by atoms with van der Waals surface area (Å²) in [5.41, 5.74) is 2.24. The third-order valence-electron chi connectivity index (χ3n) is 2.51. The molecule has 0 aliphatic heterocycles. The Labute approximate surface area is 103 Å².